The van der Waals surface area contributed by atoms with Crippen molar-refractivity contribution in [1.29, 1.82) is 0 Å². The van der Waals surface area contributed by atoms with Crippen LogP contribution in [0.1, 0.15) is 17.7 Å². The molecule has 0 aromatic carbocycles. The number of aromatic nitrogens is 2. The van der Waals surface area contributed by atoms with Gasteiger partial charge in [-0.05, 0) is 36.8 Å². The first-order chi connectivity index (χ1) is 10.8. The molecule has 5 nitrogen and oxygen atoms in total. The number of piperidine rings is 1. The van der Waals surface area contributed by atoms with E-state index in [1.54, 1.807) is 23.7 Å². The third-order valence-corrected chi connectivity index (χ3v) is 4.89. The zero-order valence-electron chi connectivity index (χ0n) is 12.4. The number of hydrogen-bond acceptors (Lipinski definition) is 5. The van der Waals surface area contributed by atoms with Crippen molar-refractivity contribution in [3.63, 3.8) is 0 Å². The van der Waals surface area contributed by atoms with Gasteiger partial charge in [0.15, 0.2) is 0 Å². The predicted octanol–water partition coefficient (Wildman–Crippen LogP) is 2.11. The quantitative estimate of drug-likeness (QED) is 0.918. The van der Waals surface area contributed by atoms with Crippen LogP contribution >= 0.6 is 11.3 Å². The molecule has 1 fully saturated rings. The summed E-state index contributed by atoms with van der Waals surface area (Å²) in [5.74, 6) is 1.06. The summed E-state index contributed by atoms with van der Waals surface area (Å²) >= 11 is 1.74. The van der Waals surface area contributed by atoms with Gasteiger partial charge >= 0.3 is 0 Å². The Morgan fingerprint density at radius 2 is 2.05 bits per heavy atom. The summed E-state index contributed by atoms with van der Waals surface area (Å²) < 4.78 is 0. The van der Waals surface area contributed by atoms with Gasteiger partial charge < -0.3 is 10.2 Å². The summed E-state index contributed by atoms with van der Waals surface area (Å²) in [4.78, 5) is 24.2. The van der Waals surface area contributed by atoms with E-state index in [1.165, 1.54) is 4.88 Å². The molecule has 0 bridgehead atoms. The van der Waals surface area contributed by atoms with Crippen molar-refractivity contribution in [1.82, 2.24) is 15.3 Å². The molecular weight excluding hydrogens is 296 g/mol. The van der Waals surface area contributed by atoms with Gasteiger partial charge in [-0.25, -0.2) is 9.97 Å². The number of carbonyl (C=O) groups excluding carboxylic acids is 1. The van der Waals surface area contributed by atoms with Crippen molar-refractivity contribution < 1.29 is 4.79 Å². The Kier molecular flexibility index (Phi) is 5.00. The second-order valence-electron chi connectivity index (χ2n) is 5.43. The monoisotopic (exact) mass is 316 g/mol. The number of hydrogen-bond donors (Lipinski definition) is 1. The standard InChI is InChI=1S/C16H20N4OS/c21-15(17-9-4-14-3-1-12-22-14)13-5-10-20(11-6-13)16-18-7-2-8-19-16/h1-3,7-8,12-13H,4-6,9-11H2,(H,17,21). The highest BCUT2D eigenvalue weighted by Gasteiger charge is 2.25. The Hall–Kier alpha value is -1.95. The number of thiophene rings is 1. The van der Waals surface area contributed by atoms with Crippen LogP contribution in [0.15, 0.2) is 36.0 Å². The van der Waals surface area contributed by atoms with E-state index in [-0.39, 0.29) is 11.8 Å². The second kappa shape index (κ2) is 7.35. The van der Waals surface area contributed by atoms with Gasteiger partial charge in [0.05, 0.1) is 0 Å². The average Bonchev–Trinajstić information content (AvgIpc) is 3.09. The van der Waals surface area contributed by atoms with E-state index in [1.807, 2.05) is 12.1 Å². The van der Waals surface area contributed by atoms with Crippen LogP contribution in [0.5, 0.6) is 0 Å². The largest absolute Gasteiger partial charge is 0.355 e. The fraction of sp³-hybridized carbons (Fsp3) is 0.438. The Morgan fingerprint density at radius 1 is 1.27 bits per heavy atom. The molecular formula is C16H20N4OS. The highest BCUT2D eigenvalue weighted by atomic mass is 32.1. The topological polar surface area (TPSA) is 58.1 Å². The molecule has 0 radical (unpaired) electrons. The third kappa shape index (κ3) is 3.82. The van der Waals surface area contributed by atoms with Crippen LogP contribution in [0.2, 0.25) is 0 Å². The van der Waals surface area contributed by atoms with Crippen LogP contribution in [-0.2, 0) is 11.2 Å². The molecule has 0 unspecified atom stereocenters. The van der Waals surface area contributed by atoms with Gasteiger partial charge in [-0.2, -0.15) is 0 Å². The maximum atomic E-state index is 12.2. The molecule has 0 aliphatic carbocycles. The summed E-state index contributed by atoms with van der Waals surface area (Å²) in [6.45, 7) is 2.40. The van der Waals surface area contributed by atoms with Crippen molar-refractivity contribution in [3.8, 4) is 0 Å². The number of nitrogens with one attached hydrogen (secondary N) is 1. The van der Waals surface area contributed by atoms with Crippen LogP contribution in [0.4, 0.5) is 5.95 Å². The van der Waals surface area contributed by atoms with Crippen LogP contribution in [0.3, 0.4) is 0 Å². The molecule has 0 spiro atoms. The van der Waals surface area contributed by atoms with Gasteiger partial charge in [0.25, 0.3) is 0 Å². The lowest BCUT2D eigenvalue weighted by molar-refractivity contribution is -0.125. The highest BCUT2D eigenvalue weighted by molar-refractivity contribution is 7.09. The first-order valence-corrected chi connectivity index (χ1v) is 8.53. The zero-order chi connectivity index (χ0) is 15.2. The maximum absolute atomic E-state index is 12.2. The van der Waals surface area contributed by atoms with Gasteiger partial charge in [0.1, 0.15) is 0 Å². The molecule has 22 heavy (non-hydrogen) atoms. The van der Waals surface area contributed by atoms with Gasteiger partial charge in [-0.15, -0.1) is 11.3 Å². The lowest BCUT2D eigenvalue weighted by atomic mass is 9.96. The smallest absolute Gasteiger partial charge is 0.225 e. The Labute approximate surface area is 134 Å². The Balaban J connectivity index is 1.42. The molecule has 0 atom stereocenters. The summed E-state index contributed by atoms with van der Waals surface area (Å²) in [6.07, 6.45) is 6.16. The molecule has 0 saturated carbocycles. The number of nitrogens with zero attached hydrogens (tertiary/aromatic N) is 3. The summed E-state index contributed by atoms with van der Waals surface area (Å²) in [7, 11) is 0. The fourth-order valence-electron chi connectivity index (χ4n) is 2.70. The van der Waals surface area contributed by atoms with E-state index >= 15 is 0 Å². The minimum atomic E-state index is 0.114. The van der Waals surface area contributed by atoms with E-state index in [2.05, 4.69) is 31.6 Å². The van der Waals surface area contributed by atoms with Crippen molar-refractivity contribution in [2.75, 3.05) is 24.5 Å². The number of anilines is 1. The lowest BCUT2D eigenvalue weighted by Gasteiger charge is -2.31. The summed E-state index contributed by atoms with van der Waals surface area (Å²) in [6, 6.07) is 5.97. The molecule has 2 aromatic rings. The summed E-state index contributed by atoms with van der Waals surface area (Å²) in [5, 5.41) is 5.13. The third-order valence-electron chi connectivity index (χ3n) is 3.95. The molecule has 1 aliphatic rings. The highest BCUT2D eigenvalue weighted by Crippen LogP contribution is 2.20. The van der Waals surface area contributed by atoms with Crippen molar-refractivity contribution in [2.45, 2.75) is 19.3 Å². The molecule has 1 saturated heterocycles. The average molecular weight is 316 g/mol. The van der Waals surface area contributed by atoms with Crippen LogP contribution in [-0.4, -0.2) is 35.5 Å². The van der Waals surface area contributed by atoms with E-state index in [4.69, 9.17) is 0 Å². The molecule has 116 valence electrons. The molecule has 3 rings (SSSR count). The van der Waals surface area contributed by atoms with Crippen LogP contribution < -0.4 is 10.2 Å². The SMILES string of the molecule is O=C(NCCc1cccs1)C1CCN(c2ncccn2)CC1. The zero-order valence-corrected chi connectivity index (χ0v) is 13.3. The van der Waals surface area contributed by atoms with E-state index in [9.17, 15) is 4.79 Å². The van der Waals surface area contributed by atoms with Gasteiger partial charge in [0, 0.05) is 42.8 Å². The molecule has 2 aromatic heterocycles. The second-order valence-corrected chi connectivity index (χ2v) is 6.46. The normalized spacial score (nSPS) is 15.7. The molecule has 1 aliphatic heterocycles. The molecule has 1 N–H and O–H groups in total. The minimum Gasteiger partial charge on any atom is -0.355 e. The van der Waals surface area contributed by atoms with Gasteiger partial charge in [-0.3, -0.25) is 4.79 Å². The first-order valence-electron chi connectivity index (χ1n) is 7.65. The Morgan fingerprint density at radius 3 is 2.73 bits per heavy atom. The summed E-state index contributed by atoms with van der Waals surface area (Å²) in [5.41, 5.74) is 0. The van der Waals surface area contributed by atoms with E-state index in [0.29, 0.717) is 0 Å². The van der Waals surface area contributed by atoms with Crippen molar-refractivity contribution >= 4 is 23.2 Å². The van der Waals surface area contributed by atoms with E-state index < -0.39 is 0 Å². The van der Waals surface area contributed by atoms with Crippen molar-refractivity contribution in [2.24, 2.45) is 5.92 Å². The molecule has 3 heterocycles. The minimum absolute atomic E-state index is 0.114. The fourth-order valence-corrected chi connectivity index (χ4v) is 3.41. The van der Waals surface area contributed by atoms with Gasteiger partial charge in [0.2, 0.25) is 11.9 Å². The number of amides is 1. The maximum Gasteiger partial charge on any atom is 0.225 e. The Bertz CT molecular complexity index is 579. The van der Waals surface area contributed by atoms with Crippen LogP contribution in [0.25, 0.3) is 0 Å². The van der Waals surface area contributed by atoms with Crippen molar-refractivity contribution in [3.05, 3.63) is 40.8 Å². The lowest BCUT2D eigenvalue weighted by Crippen LogP contribution is -2.41. The van der Waals surface area contributed by atoms with Crippen LogP contribution in [0, 0.1) is 5.92 Å². The molecule has 1 amide bonds. The number of rotatable bonds is 5. The first kappa shape index (κ1) is 15.0. The molecule has 6 heteroatoms. The van der Waals surface area contributed by atoms with E-state index in [0.717, 1.165) is 44.8 Å². The van der Waals surface area contributed by atoms with Gasteiger partial charge in [-0.1, -0.05) is 6.07 Å². The predicted molar refractivity (Wildman–Crippen MR) is 88.0 cm³/mol. The number of carbonyl (C=O) groups is 1.